The van der Waals surface area contributed by atoms with Crippen LogP contribution in [-0.4, -0.2) is 11.8 Å². The number of hydrogen-bond donors (Lipinski definition) is 2. The van der Waals surface area contributed by atoms with Crippen molar-refractivity contribution in [2.45, 2.75) is 6.92 Å². The largest absolute Gasteiger partial charge is 0.323 e. The van der Waals surface area contributed by atoms with Crippen molar-refractivity contribution in [3.63, 3.8) is 0 Å². The van der Waals surface area contributed by atoms with Crippen LogP contribution in [0.5, 0.6) is 0 Å². The monoisotopic (exact) mass is 279 g/mol. The Labute approximate surface area is 122 Å². The van der Waals surface area contributed by atoms with Gasteiger partial charge in [-0.2, -0.15) is 5.26 Å². The Kier molecular flexibility index (Phi) is 4.32. The van der Waals surface area contributed by atoms with Crippen LogP contribution in [0.3, 0.4) is 0 Å². The summed E-state index contributed by atoms with van der Waals surface area (Å²) in [6.07, 6.45) is 0. The number of carbonyl (C=O) groups is 2. The maximum Gasteiger partial charge on any atom is 0.323 e. The molecule has 0 unspecified atom stereocenters. The fourth-order valence-electron chi connectivity index (χ4n) is 1.75. The average Bonchev–Trinajstić information content (AvgIpc) is 2.47. The third-order valence-electron chi connectivity index (χ3n) is 2.80. The van der Waals surface area contributed by atoms with Crippen molar-refractivity contribution in [1.82, 2.24) is 0 Å². The highest BCUT2D eigenvalue weighted by molar-refractivity contribution is 6.00. The molecule has 5 heteroatoms. The highest BCUT2D eigenvalue weighted by Gasteiger charge is 2.04. The number of amides is 2. The second-order valence-electron chi connectivity index (χ2n) is 4.41. The first-order chi connectivity index (χ1) is 10.1. The van der Waals surface area contributed by atoms with Crippen molar-refractivity contribution in [2.75, 3.05) is 10.6 Å². The van der Waals surface area contributed by atoms with Gasteiger partial charge in [-0.1, -0.05) is 6.07 Å². The Morgan fingerprint density at radius 1 is 1.00 bits per heavy atom. The zero-order chi connectivity index (χ0) is 15.2. The molecule has 0 atom stereocenters. The van der Waals surface area contributed by atoms with Crippen LogP contribution in [0.4, 0.5) is 16.2 Å². The van der Waals surface area contributed by atoms with E-state index in [-0.39, 0.29) is 5.78 Å². The van der Waals surface area contributed by atoms with Gasteiger partial charge in [0, 0.05) is 16.9 Å². The molecule has 0 heterocycles. The number of urea groups is 1. The highest BCUT2D eigenvalue weighted by Crippen LogP contribution is 2.13. The molecule has 0 aromatic heterocycles. The molecule has 0 aliphatic rings. The second-order valence-corrected chi connectivity index (χ2v) is 4.41. The van der Waals surface area contributed by atoms with Crippen LogP contribution in [0.2, 0.25) is 0 Å². The molecule has 104 valence electrons. The van der Waals surface area contributed by atoms with E-state index in [2.05, 4.69) is 10.6 Å². The summed E-state index contributed by atoms with van der Waals surface area (Å²) in [5, 5.41) is 14.1. The summed E-state index contributed by atoms with van der Waals surface area (Å²) in [7, 11) is 0. The van der Waals surface area contributed by atoms with Crippen LogP contribution in [0, 0.1) is 11.3 Å². The van der Waals surface area contributed by atoms with Crippen LogP contribution in [-0.2, 0) is 0 Å². The summed E-state index contributed by atoms with van der Waals surface area (Å²) in [4.78, 5) is 23.0. The molecular weight excluding hydrogens is 266 g/mol. The summed E-state index contributed by atoms with van der Waals surface area (Å²) >= 11 is 0. The maximum atomic E-state index is 11.8. The zero-order valence-electron chi connectivity index (χ0n) is 11.4. The fourth-order valence-corrected chi connectivity index (χ4v) is 1.75. The number of nitrogens with one attached hydrogen (secondary N) is 2. The Balaban J connectivity index is 2.01. The Morgan fingerprint density at radius 3 is 2.29 bits per heavy atom. The van der Waals surface area contributed by atoms with Crippen LogP contribution >= 0.6 is 0 Å². The molecule has 2 rings (SSSR count). The van der Waals surface area contributed by atoms with E-state index >= 15 is 0 Å². The van der Waals surface area contributed by atoms with Gasteiger partial charge in [0.05, 0.1) is 11.6 Å². The van der Waals surface area contributed by atoms with E-state index in [1.165, 1.54) is 6.92 Å². The van der Waals surface area contributed by atoms with Gasteiger partial charge in [-0.15, -0.1) is 0 Å². The third kappa shape index (κ3) is 3.91. The molecule has 0 aliphatic heterocycles. The van der Waals surface area contributed by atoms with Crippen LogP contribution in [0.15, 0.2) is 48.5 Å². The predicted octanol–water partition coefficient (Wildman–Crippen LogP) is 3.40. The number of ketones is 1. The lowest BCUT2D eigenvalue weighted by Gasteiger charge is -2.08. The second kappa shape index (κ2) is 6.35. The topological polar surface area (TPSA) is 82.0 Å². The van der Waals surface area contributed by atoms with Crippen LogP contribution in [0.25, 0.3) is 0 Å². The molecule has 21 heavy (non-hydrogen) atoms. The van der Waals surface area contributed by atoms with E-state index in [1.54, 1.807) is 48.5 Å². The standard InChI is InChI=1S/C16H13N3O2/c1-11(20)13-5-7-14(8-6-13)18-16(21)19-15-4-2-3-12(9-15)10-17/h2-9H,1H3,(H2,18,19,21). The summed E-state index contributed by atoms with van der Waals surface area (Å²) in [5.74, 6) is -0.0284. The molecule has 0 saturated carbocycles. The van der Waals surface area contributed by atoms with Crippen molar-refractivity contribution < 1.29 is 9.59 Å². The quantitative estimate of drug-likeness (QED) is 0.845. The highest BCUT2D eigenvalue weighted by atomic mass is 16.2. The number of rotatable bonds is 3. The van der Waals surface area contributed by atoms with Gasteiger partial charge >= 0.3 is 6.03 Å². The zero-order valence-corrected chi connectivity index (χ0v) is 11.4. The van der Waals surface area contributed by atoms with Crippen molar-refractivity contribution in [2.24, 2.45) is 0 Å². The van der Waals surface area contributed by atoms with Gasteiger partial charge in [0.1, 0.15) is 0 Å². The van der Waals surface area contributed by atoms with Gasteiger partial charge in [0.15, 0.2) is 5.78 Å². The van der Waals surface area contributed by atoms with E-state index in [4.69, 9.17) is 5.26 Å². The van der Waals surface area contributed by atoms with Crippen molar-refractivity contribution in [1.29, 1.82) is 5.26 Å². The molecule has 0 fully saturated rings. The number of benzene rings is 2. The third-order valence-corrected chi connectivity index (χ3v) is 2.80. The lowest BCUT2D eigenvalue weighted by atomic mass is 10.1. The van der Waals surface area contributed by atoms with E-state index < -0.39 is 6.03 Å². The van der Waals surface area contributed by atoms with E-state index in [9.17, 15) is 9.59 Å². The molecule has 0 saturated heterocycles. The predicted molar refractivity (Wildman–Crippen MR) is 80.2 cm³/mol. The molecule has 0 spiro atoms. The van der Waals surface area contributed by atoms with Gasteiger partial charge in [-0.25, -0.2) is 4.79 Å². The number of Topliss-reactive ketones (excluding diaryl/α,β-unsaturated/α-hetero) is 1. The van der Waals surface area contributed by atoms with Crippen LogP contribution < -0.4 is 10.6 Å². The van der Waals surface area contributed by atoms with Crippen molar-refractivity contribution >= 4 is 23.2 Å². The Morgan fingerprint density at radius 2 is 1.67 bits per heavy atom. The first-order valence-corrected chi connectivity index (χ1v) is 6.27. The minimum atomic E-state index is -0.416. The van der Waals surface area contributed by atoms with E-state index in [1.807, 2.05) is 6.07 Å². The van der Waals surface area contributed by atoms with Gasteiger partial charge in [0.2, 0.25) is 0 Å². The molecule has 2 N–H and O–H groups in total. The number of hydrogen-bond acceptors (Lipinski definition) is 3. The van der Waals surface area contributed by atoms with Crippen molar-refractivity contribution in [3.05, 3.63) is 59.7 Å². The summed E-state index contributed by atoms with van der Waals surface area (Å²) < 4.78 is 0. The molecule has 2 aromatic carbocycles. The van der Waals surface area contributed by atoms with Crippen molar-refractivity contribution in [3.8, 4) is 6.07 Å². The first-order valence-electron chi connectivity index (χ1n) is 6.27. The number of anilines is 2. The first kappa shape index (κ1) is 14.3. The lowest BCUT2D eigenvalue weighted by Crippen LogP contribution is -2.19. The normalized spacial score (nSPS) is 9.52. The summed E-state index contributed by atoms with van der Waals surface area (Å²) in [6.45, 7) is 1.48. The molecule has 0 aliphatic carbocycles. The summed E-state index contributed by atoms with van der Waals surface area (Å²) in [5.41, 5.74) is 2.17. The molecule has 2 aromatic rings. The number of carbonyl (C=O) groups excluding carboxylic acids is 2. The summed E-state index contributed by atoms with van der Waals surface area (Å²) in [6, 6.07) is 14.8. The molecule has 0 radical (unpaired) electrons. The average molecular weight is 279 g/mol. The fraction of sp³-hybridized carbons (Fsp3) is 0.0625. The maximum absolute atomic E-state index is 11.8. The number of nitriles is 1. The smallest absolute Gasteiger partial charge is 0.308 e. The van der Waals surface area contributed by atoms with Crippen LogP contribution in [0.1, 0.15) is 22.8 Å². The van der Waals surface area contributed by atoms with Gasteiger partial charge < -0.3 is 10.6 Å². The van der Waals surface area contributed by atoms with E-state index in [0.29, 0.717) is 22.5 Å². The lowest BCUT2D eigenvalue weighted by molar-refractivity contribution is 0.101. The number of nitrogens with zero attached hydrogens (tertiary/aromatic N) is 1. The molecule has 0 bridgehead atoms. The Bertz CT molecular complexity index is 715. The Hall–Kier alpha value is -3.13. The van der Waals surface area contributed by atoms with Gasteiger partial charge in [-0.05, 0) is 49.4 Å². The molecular formula is C16H13N3O2. The SMILES string of the molecule is CC(=O)c1ccc(NC(=O)Nc2cccc(C#N)c2)cc1. The molecule has 2 amide bonds. The van der Waals surface area contributed by atoms with E-state index in [0.717, 1.165) is 0 Å². The minimum absolute atomic E-state index is 0.0284. The minimum Gasteiger partial charge on any atom is -0.308 e. The molecule has 5 nitrogen and oxygen atoms in total. The van der Waals surface area contributed by atoms with Gasteiger partial charge in [0.25, 0.3) is 0 Å². The van der Waals surface area contributed by atoms with Gasteiger partial charge in [-0.3, -0.25) is 4.79 Å².